The van der Waals surface area contributed by atoms with E-state index >= 15 is 0 Å². The van der Waals surface area contributed by atoms with Gasteiger partial charge in [-0.05, 0) is 48.5 Å². The highest BCUT2D eigenvalue weighted by molar-refractivity contribution is 6.15. The van der Waals surface area contributed by atoms with Crippen molar-refractivity contribution in [1.29, 1.82) is 0 Å². The molecule has 0 atom stereocenters. The van der Waals surface area contributed by atoms with Crippen molar-refractivity contribution < 1.29 is 0 Å². The average Bonchev–Trinajstić information content (AvgIpc) is 3.88. The molecule has 0 aliphatic rings. The molecule has 55 heavy (non-hydrogen) atoms. The number of nitrogens with zero attached hydrogens (tertiary/aromatic N) is 5. The summed E-state index contributed by atoms with van der Waals surface area (Å²) in [6, 6.07) is 67.2. The number of rotatable bonds is 4. The molecule has 4 heterocycles. The number of aromatic nitrogens is 5. The Morgan fingerprint density at radius 3 is 1.22 bits per heavy atom. The molecule has 0 N–H and O–H groups in total. The van der Waals surface area contributed by atoms with Crippen LogP contribution in [0.5, 0.6) is 0 Å². The summed E-state index contributed by atoms with van der Waals surface area (Å²) >= 11 is 0. The van der Waals surface area contributed by atoms with Crippen molar-refractivity contribution in [3.8, 4) is 28.6 Å². The number of fused-ring (bicyclic) bond motifs is 10. The van der Waals surface area contributed by atoms with E-state index in [1.54, 1.807) is 0 Å². The Bertz CT molecular complexity index is 3390. The highest BCUT2D eigenvalue weighted by atomic mass is 15.2. The van der Waals surface area contributed by atoms with Crippen molar-refractivity contribution in [3.05, 3.63) is 188 Å². The molecular formula is C50H31N5. The summed E-state index contributed by atoms with van der Waals surface area (Å²) in [5.74, 6) is 0.640. The summed E-state index contributed by atoms with van der Waals surface area (Å²) in [4.78, 5) is 10.7. The molecule has 0 saturated heterocycles. The van der Waals surface area contributed by atoms with E-state index in [1.807, 2.05) is 6.07 Å². The van der Waals surface area contributed by atoms with Crippen LogP contribution in [0.25, 0.3) is 105 Å². The molecule has 0 unspecified atom stereocenters. The fraction of sp³-hybridized carbons (Fsp3) is 0. The van der Waals surface area contributed by atoms with Crippen LogP contribution >= 0.6 is 0 Å². The van der Waals surface area contributed by atoms with Crippen molar-refractivity contribution in [2.24, 2.45) is 0 Å². The van der Waals surface area contributed by atoms with Gasteiger partial charge in [0.1, 0.15) is 0 Å². The Morgan fingerprint density at radius 2 is 0.691 bits per heavy atom. The molecule has 4 aromatic heterocycles. The molecule has 5 heteroatoms. The standard InChI is InChI=1S/C50H31N5/c1-2-16-32(17-3-1)49-38-23-4-10-24-40(38)51-50(52-49)55-45-29-15-9-22-37(45)39-30-47(53-41-25-11-5-18-33(41)34-19-6-12-26-42(34)53)48(31-46(39)55)54-43-27-13-7-20-35(43)36-21-8-14-28-44(36)54/h1-31H. The van der Waals surface area contributed by atoms with Crippen LogP contribution in [0.2, 0.25) is 0 Å². The normalized spacial score (nSPS) is 12.0. The van der Waals surface area contributed by atoms with E-state index in [0.717, 1.165) is 66.4 Å². The Labute approximate surface area is 315 Å². The lowest BCUT2D eigenvalue weighted by Crippen LogP contribution is -2.06. The average molecular weight is 702 g/mol. The van der Waals surface area contributed by atoms with Crippen molar-refractivity contribution in [3.63, 3.8) is 0 Å². The van der Waals surface area contributed by atoms with E-state index < -0.39 is 0 Å². The predicted molar refractivity (Wildman–Crippen MR) is 228 cm³/mol. The summed E-state index contributed by atoms with van der Waals surface area (Å²) in [6.45, 7) is 0. The van der Waals surface area contributed by atoms with Gasteiger partial charge in [-0.3, -0.25) is 4.57 Å². The largest absolute Gasteiger partial charge is 0.307 e. The highest BCUT2D eigenvalue weighted by Crippen LogP contribution is 2.42. The molecule has 12 rings (SSSR count). The number of benzene rings is 8. The molecule has 256 valence electrons. The van der Waals surface area contributed by atoms with E-state index in [2.05, 4.69) is 196 Å². The predicted octanol–water partition coefficient (Wildman–Crippen LogP) is 12.6. The van der Waals surface area contributed by atoms with Crippen LogP contribution in [0.4, 0.5) is 0 Å². The second-order valence-corrected chi connectivity index (χ2v) is 14.2. The van der Waals surface area contributed by atoms with E-state index in [0.29, 0.717) is 5.95 Å². The maximum atomic E-state index is 5.40. The van der Waals surface area contributed by atoms with Gasteiger partial charge in [0.15, 0.2) is 0 Å². The molecule has 0 fully saturated rings. The second kappa shape index (κ2) is 11.5. The summed E-state index contributed by atoms with van der Waals surface area (Å²) in [7, 11) is 0. The van der Waals surface area contributed by atoms with Crippen LogP contribution in [0.15, 0.2) is 188 Å². The minimum absolute atomic E-state index is 0.640. The number of hydrogen-bond donors (Lipinski definition) is 0. The number of para-hydroxylation sites is 6. The van der Waals surface area contributed by atoms with Gasteiger partial charge in [0.25, 0.3) is 0 Å². The lowest BCUT2D eigenvalue weighted by molar-refractivity contribution is 1.01. The van der Waals surface area contributed by atoms with Gasteiger partial charge in [0, 0.05) is 43.3 Å². The molecule has 0 aliphatic heterocycles. The molecule has 0 saturated carbocycles. The molecule has 12 aromatic rings. The molecule has 0 radical (unpaired) electrons. The van der Waals surface area contributed by atoms with E-state index in [1.165, 1.54) is 32.6 Å². The van der Waals surface area contributed by atoms with Gasteiger partial charge in [-0.2, -0.15) is 0 Å². The minimum atomic E-state index is 0.640. The molecule has 5 nitrogen and oxygen atoms in total. The van der Waals surface area contributed by atoms with Crippen LogP contribution < -0.4 is 0 Å². The van der Waals surface area contributed by atoms with Gasteiger partial charge in [0.2, 0.25) is 5.95 Å². The summed E-state index contributed by atoms with van der Waals surface area (Å²) in [5.41, 5.74) is 11.8. The first-order valence-corrected chi connectivity index (χ1v) is 18.7. The minimum Gasteiger partial charge on any atom is -0.307 e. The first-order valence-electron chi connectivity index (χ1n) is 18.7. The highest BCUT2D eigenvalue weighted by Gasteiger charge is 2.24. The van der Waals surface area contributed by atoms with Crippen molar-refractivity contribution in [2.45, 2.75) is 0 Å². The third kappa shape index (κ3) is 4.29. The third-order valence-corrected chi connectivity index (χ3v) is 11.2. The molecule has 0 amide bonds. The lowest BCUT2D eigenvalue weighted by Gasteiger charge is -2.18. The van der Waals surface area contributed by atoms with Crippen LogP contribution in [0.1, 0.15) is 0 Å². The first kappa shape index (κ1) is 30.0. The molecule has 0 bridgehead atoms. The maximum absolute atomic E-state index is 5.40. The number of hydrogen-bond acceptors (Lipinski definition) is 2. The fourth-order valence-electron chi connectivity index (χ4n) is 8.91. The zero-order valence-electron chi connectivity index (χ0n) is 29.6. The summed E-state index contributed by atoms with van der Waals surface area (Å²) in [6.07, 6.45) is 0. The zero-order valence-corrected chi connectivity index (χ0v) is 29.6. The van der Waals surface area contributed by atoms with Crippen LogP contribution in [0.3, 0.4) is 0 Å². The lowest BCUT2D eigenvalue weighted by atomic mass is 10.1. The van der Waals surface area contributed by atoms with Gasteiger partial charge >= 0.3 is 0 Å². The summed E-state index contributed by atoms with van der Waals surface area (Å²) in [5, 5.41) is 8.20. The maximum Gasteiger partial charge on any atom is 0.235 e. The SMILES string of the molecule is c1ccc(-c2nc(-n3c4ccccc4c4cc(-n5c6ccccc6c6ccccc65)c(-n5c6ccccc6c6ccccc65)cc43)nc3ccccc23)cc1. The molecule has 8 aromatic carbocycles. The van der Waals surface area contributed by atoms with Crippen molar-refractivity contribution in [2.75, 3.05) is 0 Å². The Hall–Kier alpha value is -7.50. The van der Waals surface area contributed by atoms with E-state index in [-0.39, 0.29) is 0 Å². The second-order valence-electron chi connectivity index (χ2n) is 14.2. The molecule has 0 aliphatic carbocycles. The van der Waals surface area contributed by atoms with Gasteiger partial charge in [0.05, 0.1) is 55.7 Å². The Kier molecular flexibility index (Phi) is 6.27. The Balaban J connectivity index is 1.27. The fourth-order valence-corrected chi connectivity index (χ4v) is 8.91. The quantitative estimate of drug-likeness (QED) is 0.183. The topological polar surface area (TPSA) is 40.6 Å². The summed E-state index contributed by atoms with van der Waals surface area (Å²) < 4.78 is 7.16. The van der Waals surface area contributed by atoms with Crippen molar-refractivity contribution >= 4 is 76.3 Å². The van der Waals surface area contributed by atoms with Crippen LogP contribution in [-0.2, 0) is 0 Å². The first-order chi connectivity index (χ1) is 27.3. The van der Waals surface area contributed by atoms with Crippen LogP contribution in [0, 0.1) is 0 Å². The molecular weight excluding hydrogens is 671 g/mol. The van der Waals surface area contributed by atoms with E-state index in [4.69, 9.17) is 9.97 Å². The van der Waals surface area contributed by atoms with Gasteiger partial charge in [-0.25, -0.2) is 9.97 Å². The monoisotopic (exact) mass is 701 g/mol. The van der Waals surface area contributed by atoms with Gasteiger partial charge in [-0.1, -0.05) is 140 Å². The third-order valence-electron chi connectivity index (χ3n) is 11.2. The van der Waals surface area contributed by atoms with Gasteiger partial charge in [-0.15, -0.1) is 0 Å². The van der Waals surface area contributed by atoms with Gasteiger partial charge < -0.3 is 9.13 Å². The molecule has 0 spiro atoms. The van der Waals surface area contributed by atoms with Crippen molar-refractivity contribution in [1.82, 2.24) is 23.7 Å². The Morgan fingerprint density at radius 1 is 0.291 bits per heavy atom. The zero-order chi connectivity index (χ0) is 36.0. The van der Waals surface area contributed by atoms with E-state index in [9.17, 15) is 0 Å². The smallest absolute Gasteiger partial charge is 0.235 e. The van der Waals surface area contributed by atoms with Crippen LogP contribution in [-0.4, -0.2) is 23.7 Å².